The van der Waals surface area contributed by atoms with Gasteiger partial charge in [0, 0.05) is 17.1 Å². The largest absolute Gasteiger partial charge is 0.489 e. The van der Waals surface area contributed by atoms with Gasteiger partial charge < -0.3 is 9.47 Å². The van der Waals surface area contributed by atoms with Crippen LogP contribution in [0.2, 0.25) is 0 Å². The van der Waals surface area contributed by atoms with Gasteiger partial charge in [-0.05, 0) is 36.6 Å². The highest BCUT2D eigenvalue weighted by Gasteiger charge is 2.34. The molecular formula is C25H22F5N5O3S. The number of hydrogen-bond donors (Lipinski definition) is 1. The molecule has 0 aliphatic heterocycles. The van der Waals surface area contributed by atoms with Gasteiger partial charge in [0.05, 0.1) is 12.3 Å². The number of para-hydroxylation sites is 1. The lowest BCUT2D eigenvalue weighted by atomic mass is 10.1. The summed E-state index contributed by atoms with van der Waals surface area (Å²) in [6, 6.07) is 6.02. The van der Waals surface area contributed by atoms with E-state index >= 15 is 0 Å². The summed E-state index contributed by atoms with van der Waals surface area (Å²) in [5.74, 6) is -0.530. The summed E-state index contributed by atoms with van der Waals surface area (Å²) < 4.78 is 76.6. The first-order valence-electron chi connectivity index (χ1n) is 11.6. The summed E-state index contributed by atoms with van der Waals surface area (Å²) in [7, 11) is 0. The van der Waals surface area contributed by atoms with E-state index in [4.69, 9.17) is 4.74 Å². The van der Waals surface area contributed by atoms with Crippen molar-refractivity contribution in [3.8, 4) is 11.5 Å². The molecule has 4 rings (SSSR count). The molecule has 8 nitrogen and oxygen atoms in total. The van der Waals surface area contributed by atoms with E-state index in [1.807, 2.05) is 13.8 Å². The van der Waals surface area contributed by atoms with E-state index in [1.54, 1.807) is 6.07 Å². The van der Waals surface area contributed by atoms with Gasteiger partial charge in [-0.1, -0.05) is 26.0 Å². The Bertz CT molecular complexity index is 1480. The van der Waals surface area contributed by atoms with Gasteiger partial charge in [-0.15, -0.1) is 11.3 Å². The summed E-state index contributed by atoms with van der Waals surface area (Å²) in [6.45, 7) is 1.17. The Kier molecular flexibility index (Phi) is 8.43. The molecule has 3 aromatic heterocycles. The van der Waals surface area contributed by atoms with Gasteiger partial charge in [0.2, 0.25) is 0 Å². The minimum Gasteiger partial charge on any atom is -0.489 e. The molecule has 0 aliphatic rings. The highest BCUT2D eigenvalue weighted by atomic mass is 32.1. The number of carbonyl (C=O) groups is 1. The molecule has 39 heavy (non-hydrogen) atoms. The number of nitrogens with zero attached hydrogens (tertiary/aromatic N) is 4. The zero-order valence-electron chi connectivity index (χ0n) is 20.6. The van der Waals surface area contributed by atoms with Crippen molar-refractivity contribution >= 4 is 40.2 Å². The van der Waals surface area contributed by atoms with E-state index in [0.717, 1.165) is 5.38 Å². The second-order valence-corrected chi connectivity index (χ2v) is 9.42. The van der Waals surface area contributed by atoms with E-state index in [0.29, 0.717) is 34.9 Å². The summed E-state index contributed by atoms with van der Waals surface area (Å²) in [4.78, 5) is 25.0. The molecule has 1 N–H and O–H groups in total. The highest BCUT2D eigenvalue weighted by molar-refractivity contribution is 7.14. The van der Waals surface area contributed by atoms with Crippen LogP contribution in [0.1, 0.15) is 47.7 Å². The quantitative estimate of drug-likeness (QED) is 0.216. The smallest absolute Gasteiger partial charge is 0.434 e. The van der Waals surface area contributed by atoms with Gasteiger partial charge >= 0.3 is 12.8 Å². The number of hydrogen-bond acceptors (Lipinski definition) is 7. The highest BCUT2D eigenvalue weighted by Crippen LogP contribution is 2.35. The van der Waals surface area contributed by atoms with Gasteiger partial charge in [-0.25, -0.2) is 15.0 Å². The fraction of sp³-hybridized carbons (Fsp3) is 0.280. The van der Waals surface area contributed by atoms with Crippen LogP contribution in [0.3, 0.4) is 0 Å². The van der Waals surface area contributed by atoms with E-state index in [-0.39, 0.29) is 34.6 Å². The minimum atomic E-state index is -4.65. The number of benzene rings is 1. The second-order valence-electron chi connectivity index (χ2n) is 8.56. The van der Waals surface area contributed by atoms with Gasteiger partial charge in [0.25, 0.3) is 5.91 Å². The zero-order chi connectivity index (χ0) is 28.2. The molecule has 0 bridgehead atoms. The maximum atomic E-state index is 13.2. The van der Waals surface area contributed by atoms with Crippen molar-refractivity contribution in [3.63, 3.8) is 0 Å². The lowest BCUT2D eigenvalue weighted by Gasteiger charge is -2.15. The summed E-state index contributed by atoms with van der Waals surface area (Å²) in [5.41, 5.74) is -0.290. The number of rotatable bonds is 10. The van der Waals surface area contributed by atoms with Gasteiger partial charge in [-0.3, -0.25) is 14.5 Å². The van der Waals surface area contributed by atoms with Crippen molar-refractivity contribution in [3.05, 3.63) is 64.8 Å². The molecule has 4 aromatic rings. The molecule has 1 amide bonds. The molecule has 0 fully saturated rings. The Morgan fingerprint density at radius 3 is 2.67 bits per heavy atom. The topological polar surface area (TPSA) is 90.6 Å². The van der Waals surface area contributed by atoms with Gasteiger partial charge in [0.1, 0.15) is 17.7 Å². The first-order valence-corrected chi connectivity index (χ1v) is 12.5. The van der Waals surface area contributed by atoms with Crippen LogP contribution in [-0.2, 0) is 6.18 Å². The van der Waals surface area contributed by atoms with Crippen LogP contribution in [0.5, 0.6) is 11.5 Å². The van der Waals surface area contributed by atoms with Crippen molar-refractivity contribution in [2.45, 2.75) is 33.1 Å². The lowest BCUT2D eigenvalue weighted by molar-refractivity contribution is -0.140. The number of fused-ring (bicyclic) bond motifs is 1. The van der Waals surface area contributed by atoms with E-state index in [2.05, 4.69) is 25.0 Å². The average molecular weight is 568 g/mol. The average Bonchev–Trinajstić information content (AvgIpc) is 3.48. The predicted octanol–water partition coefficient (Wildman–Crippen LogP) is 6.65. The second kappa shape index (κ2) is 11.8. The first kappa shape index (κ1) is 28.0. The number of anilines is 1. The zero-order valence-corrected chi connectivity index (χ0v) is 21.4. The van der Waals surface area contributed by atoms with Crippen LogP contribution >= 0.6 is 11.3 Å². The van der Waals surface area contributed by atoms with Crippen LogP contribution < -0.4 is 14.8 Å². The van der Waals surface area contributed by atoms with Crippen LogP contribution in [0.4, 0.5) is 27.1 Å². The molecule has 0 saturated heterocycles. The third-order valence-electron chi connectivity index (χ3n) is 5.28. The Balaban J connectivity index is 1.69. The fourth-order valence-electron chi connectivity index (χ4n) is 3.45. The molecule has 3 heterocycles. The number of imidazole rings is 1. The minimum absolute atomic E-state index is 0.0274. The van der Waals surface area contributed by atoms with Crippen LogP contribution in [0.15, 0.2) is 42.2 Å². The molecule has 1 aromatic carbocycles. The van der Waals surface area contributed by atoms with Crippen LogP contribution in [0, 0.1) is 5.92 Å². The van der Waals surface area contributed by atoms with Crippen molar-refractivity contribution in [2.24, 2.45) is 5.92 Å². The van der Waals surface area contributed by atoms with E-state index in [9.17, 15) is 26.7 Å². The third-order valence-corrected chi connectivity index (χ3v) is 6.03. The Labute approximate surface area is 223 Å². The Hall–Kier alpha value is -4.07. The summed E-state index contributed by atoms with van der Waals surface area (Å²) >= 11 is 0.623. The molecule has 0 atom stereocenters. The predicted molar refractivity (Wildman–Crippen MR) is 135 cm³/mol. The van der Waals surface area contributed by atoms with Crippen molar-refractivity contribution in [1.29, 1.82) is 0 Å². The molecule has 206 valence electrons. The molecule has 0 saturated carbocycles. The van der Waals surface area contributed by atoms with Crippen molar-refractivity contribution in [2.75, 3.05) is 11.9 Å². The van der Waals surface area contributed by atoms with Gasteiger partial charge in [-0.2, -0.15) is 22.0 Å². The Morgan fingerprint density at radius 2 is 1.97 bits per heavy atom. The number of carbonyl (C=O) groups excluding carboxylic acids is 1. The summed E-state index contributed by atoms with van der Waals surface area (Å²) in [6.07, 6.45) is 1.78. The number of alkyl halides is 5. The Morgan fingerprint density at radius 1 is 1.18 bits per heavy atom. The number of nitrogens with one attached hydrogen (secondary N) is 1. The molecule has 0 radical (unpaired) electrons. The SMILES string of the molecule is CC(C)CCOc1c(C=Cc2nc3ccncn3c2C(=O)Nc2nc(C(F)(F)F)cs2)cccc1OC(F)F. The number of ether oxygens (including phenoxy) is 2. The van der Waals surface area contributed by atoms with Crippen LogP contribution in [0.25, 0.3) is 17.8 Å². The molecule has 0 unspecified atom stereocenters. The standard InChI is InChI=1S/C25H22F5N5O3S/c1-14(2)9-11-37-21-15(4-3-5-17(21)38-23(26)27)6-7-16-20(35-13-31-10-8-19(35)32-16)22(36)34-24-33-18(12-39-24)25(28,29)30/h3-8,10,12-14,23H,9,11H2,1-2H3,(H,33,34,36). The molecule has 0 aliphatic carbocycles. The lowest BCUT2D eigenvalue weighted by Crippen LogP contribution is -2.16. The fourth-order valence-corrected chi connectivity index (χ4v) is 4.16. The number of thiazole rings is 1. The van der Waals surface area contributed by atoms with Gasteiger partial charge in [0.15, 0.2) is 22.3 Å². The monoisotopic (exact) mass is 567 g/mol. The molecule has 0 spiro atoms. The maximum Gasteiger partial charge on any atom is 0.434 e. The number of halogens is 5. The van der Waals surface area contributed by atoms with E-state index in [1.165, 1.54) is 47.3 Å². The number of amides is 1. The summed E-state index contributed by atoms with van der Waals surface area (Å²) in [5, 5.41) is 2.91. The number of aromatic nitrogens is 4. The van der Waals surface area contributed by atoms with Crippen molar-refractivity contribution in [1.82, 2.24) is 19.4 Å². The maximum absolute atomic E-state index is 13.2. The normalized spacial score (nSPS) is 12.1. The van der Waals surface area contributed by atoms with E-state index < -0.39 is 24.4 Å². The first-order chi connectivity index (χ1) is 18.5. The molecule has 14 heteroatoms. The molecular weight excluding hydrogens is 545 g/mol. The van der Waals surface area contributed by atoms with Crippen LogP contribution in [-0.4, -0.2) is 38.5 Å². The van der Waals surface area contributed by atoms with Crippen molar-refractivity contribution < 1.29 is 36.2 Å². The third kappa shape index (κ3) is 6.88.